The molecule has 0 atom stereocenters. The van der Waals surface area contributed by atoms with Gasteiger partial charge in [0.1, 0.15) is 5.76 Å². The Balaban J connectivity index is 2.29. The molecule has 0 radical (unpaired) electrons. The summed E-state index contributed by atoms with van der Waals surface area (Å²) in [6, 6.07) is 10.4. The molecule has 2 N–H and O–H groups in total. The van der Waals surface area contributed by atoms with Crippen LogP contribution in [-0.2, 0) is 6.54 Å². The van der Waals surface area contributed by atoms with Crippen LogP contribution in [0.15, 0.2) is 46.4 Å². The number of hydrogen-bond acceptors (Lipinski definition) is 3. The van der Waals surface area contributed by atoms with Crippen LogP contribution in [0.4, 0.5) is 0 Å². The maximum atomic E-state index is 5.66. The molecule has 2 heterocycles. The maximum absolute atomic E-state index is 5.66. The normalized spacial score (nSPS) is 11.1. The molecule has 0 bridgehead atoms. The molecule has 0 saturated carbocycles. The number of furan rings is 1. The predicted octanol–water partition coefficient (Wildman–Crippen LogP) is 3.62. The molecule has 0 aliphatic heterocycles. The van der Waals surface area contributed by atoms with Gasteiger partial charge in [-0.2, -0.15) is 0 Å². The van der Waals surface area contributed by atoms with Crippen LogP contribution in [0, 0.1) is 0 Å². The lowest BCUT2D eigenvalue weighted by Gasteiger charge is -2.02. The fourth-order valence-corrected chi connectivity index (χ4v) is 2.87. The van der Waals surface area contributed by atoms with Gasteiger partial charge in [0, 0.05) is 15.8 Å². The molecule has 0 aliphatic rings. The van der Waals surface area contributed by atoms with Gasteiger partial charge >= 0.3 is 0 Å². The maximum Gasteiger partial charge on any atom is 0.125 e. The summed E-state index contributed by atoms with van der Waals surface area (Å²) in [4.78, 5) is 0. The molecule has 1 aromatic carbocycles. The second kappa shape index (κ2) is 3.77. The van der Waals surface area contributed by atoms with E-state index in [1.165, 1.54) is 15.6 Å². The van der Waals surface area contributed by atoms with Crippen LogP contribution < -0.4 is 5.73 Å². The standard InChI is InChI=1S/C13H11NOS/c14-8-12-10(4-6-15-12)11-3-1-2-9-5-7-16-13(9)11/h1-7H,8,14H2. The zero-order valence-corrected chi connectivity index (χ0v) is 9.46. The fourth-order valence-electron chi connectivity index (χ4n) is 1.94. The zero-order chi connectivity index (χ0) is 11.0. The smallest absolute Gasteiger partial charge is 0.125 e. The molecule has 3 rings (SSSR count). The molecule has 3 heteroatoms. The van der Waals surface area contributed by atoms with Crippen LogP contribution in [0.3, 0.4) is 0 Å². The highest BCUT2D eigenvalue weighted by Gasteiger charge is 2.10. The van der Waals surface area contributed by atoms with Crippen LogP contribution in [0.1, 0.15) is 5.76 Å². The van der Waals surface area contributed by atoms with E-state index in [1.54, 1.807) is 17.6 Å². The Morgan fingerprint density at radius 2 is 2.06 bits per heavy atom. The summed E-state index contributed by atoms with van der Waals surface area (Å²) >= 11 is 1.75. The summed E-state index contributed by atoms with van der Waals surface area (Å²) in [7, 11) is 0. The monoisotopic (exact) mass is 229 g/mol. The number of nitrogens with two attached hydrogens (primary N) is 1. The van der Waals surface area contributed by atoms with E-state index in [0.29, 0.717) is 6.54 Å². The average molecular weight is 229 g/mol. The Labute approximate surface area is 97.3 Å². The van der Waals surface area contributed by atoms with Gasteiger partial charge in [0.25, 0.3) is 0 Å². The number of rotatable bonds is 2. The van der Waals surface area contributed by atoms with Crippen LogP contribution in [0.25, 0.3) is 21.2 Å². The Hall–Kier alpha value is -1.58. The van der Waals surface area contributed by atoms with Gasteiger partial charge < -0.3 is 10.2 Å². The number of hydrogen-bond donors (Lipinski definition) is 1. The first kappa shape index (κ1) is 9.63. The first-order valence-corrected chi connectivity index (χ1v) is 6.01. The molecule has 2 nitrogen and oxygen atoms in total. The largest absolute Gasteiger partial charge is 0.467 e. The molecule has 2 aromatic heterocycles. The van der Waals surface area contributed by atoms with Gasteiger partial charge in [-0.15, -0.1) is 11.3 Å². The van der Waals surface area contributed by atoms with Crippen LogP contribution in [0.5, 0.6) is 0 Å². The van der Waals surface area contributed by atoms with Crippen molar-refractivity contribution < 1.29 is 4.42 Å². The molecule has 0 unspecified atom stereocenters. The first-order chi connectivity index (χ1) is 7.90. The number of fused-ring (bicyclic) bond motifs is 1. The second-order valence-corrected chi connectivity index (χ2v) is 4.52. The summed E-state index contributed by atoms with van der Waals surface area (Å²) in [5.41, 5.74) is 7.98. The van der Waals surface area contributed by atoms with E-state index in [0.717, 1.165) is 11.3 Å². The van der Waals surface area contributed by atoms with Crippen molar-refractivity contribution in [2.75, 3.05) is 0 Å². The number of benzene rings is 1. The van der Waals surface area contributed by atoms with E-state index >= 15 is 0 Å². The van der Waals surface area contributed by atoms with Crippen molar-refractivity contribution in [2.45, 2.75) is 6.54 Å². The Kier molecular flexibility index (Phi) is 2.27. The van der Waals surface area contributed by atoms with E-state index in [-0.39, 0.29) is 0 Å². The Morgan fingerprint density at radius 1 is 1.12 bits per heavy atom. The Morgan fingerprint density at radius 3 is 2.94 bits per heavy atom. The highest BCUT2D eigenvalue weighted by Crippen LogP contribution is 2.34. The minimum atomic E-state index is 0.435. The number of thiophene rings is 1. The van der Waals surface area contributed by atoms with Gasteiger partial charge in [-0.1, -0.05) is 18.2 Å². The van der Waals surface area contributed by atoms with E-state index in [1.807, 2.05) is 6.07 Å². The van der Waals surface area contributed by atoms with Gasteiger partial charge in [-0.25, -0.2) is 0 Å². The van der Waals surface area contributed by atoms with E-state index in [2.05, 4.69) is 29.6 Å². The van der Waals surface area contributed by atoms with Crippen molar-refractivity contribution in [2.24, 2.45) is 5.73 Å². The van der Waals surface area contributed by atoms with Crippen molar-refractivity contribution in [1.29, 1.82) is 0 Å². The fraction of sp³-hybridized carbons (Fsp3) is 0.0769. The third-order valence-electron chi connectivity index (χ3n) is 2.70. The van der Waals surface area contributed by atoms with Crippen LogP contribution in [-0.4, -0.2) is 0 Å². The van der Waals surface area contributed by atoms with Crippen molar-refractivity contribution in [1.82, 2.24) is 0 Å². The highest BCUT2D eigenvalue weighted by molar-refractivity contribution is 7.17. The molecular weight excluding hydrogens is 218 g/mol. The zero-order valence-electron chi connectivity index (χ0n) is 8.64. The molecule has 0 fully saturated rings. The molecule has 0 amide bonds. The van der Waals surface area contributed by atoms with Gasteiger partial charge in [0.15, 0.2) is 0 Å². The van der Waals surface area contributed by atoms with Crippen LogP contribution in [0.2, 0.25) is 0 Å². The van der Waals surface area contributed by atoms with Gasteiger partial charge in [0.05, 0.1) is 12.8 Å². The van der Waals surface area contributed by atoms with E-state index in [4.69, 9.17) is 10.2 Å². The molecule has 0 aliphatic carbocycles. The minimum absolute atomic E-state index is 0.435. The molecule has 80 valence electrons. The minimum Gasteiger partial charge on any atom is -0.467 e. The average Bonchev–Trinajstić information content (AvgIpc) is 2.96. The van der Waals surface area contributed by atoms with E-state index < -0.39 is 0 Å². The second-order valence-electron chi connectivity index (χ2n) is 3.61. The third-order valence-corrected chi connectivity index (χ3v) is 3.66. The molecular formula is C13H11NOS. The Bertz CT molecular complexity index is 623. The summed E-state index contributed by atoms with van der Waals surface area (Å²) in [5.74, 6) is 0.848. The molecule has 16 heavy (non-hydrogen) atoms. The summed E-state index contributed by atoms with van der Waals surface area (Å²) in [6.07, 6.45) is 1.70. The highest BCUT2D eigenvalue weighted by atomic mass is 32.1. The van der Waals surface area contributed by atoms with Gasteiger partial charge in [0.2, 0.25) is 0 Å². The summed E-state index contributed by atoms with van der Waals surface area (Å²) in [5, 5.41) is 3.38. The van der Waals surface area contributed by atoms with Gasteiger partial charge in [-0.05, 0) is 22.9 Å². The lowest BCUT2D eigenvalue weighted by atomic mass is 10.0. The van der Waals surface area contributed by atoms with E-state index in [9.17, 15) is 0 Å². The molecule has 0 spiro atoms. The van der Waals surface area contributed by atoms with Crippen molar-refractivity contribution in [3.63, 3.8) is 0 Å². The predicted molar refractivity (Wildman–Crippen MR) is 67.4 cm³/mol. The van der Waals surface area contributed by atoms with Crippen molar-refractivity contribution in [3.05, 3.63) is 47.7 Å². The third kappa shape index (κ3) is 1.37. The molecule has 3 aromatic rings. The first-order valence-electron chi connectivity index (χ1n) is 5.13. The summed E-state index contributed by atoms with van der Waals surface area (Å²) < 4.78 is 6.66. The van der Waals surface area contributed by atoms with Crippen LogP contribution >= 0.6 is 11.3 Å². The topological polar surface area (TPSA) is 39.2 Å². The van der Waals surface area contributed by atoms with Crippen molar-refractivity contribution in [3.8, 4) is 11.1 Å². The molecule has 0 saturated heterocycles. The SMILES string of the molecule is NCc1occc1-c1cccc2ccsc12. The lowest BCUT2D eigenvalue weighted by molar-refractivity contribution is 0.513. The quantitative estimate of drug-likeness (QED) is 0.729. The van der Waals surface area contributed by atoms with Crippen molar-refractivity contribution >= 4 is 21.4 Å². The van der Waals surface area contributed by atoms with Gasteiger partial charge in [-0.3, -0.25) is 0 Å². The lowest BCUT2D eigenvalue weighted by Crippen LogP contribution is -1.95. The summed E-state index contributed by atoms with van der Waals surface area (Å²) in [6.45, 7) is 0.435.